The van der Waals surface area contributed by atoms with Crippen molar-refractivity contribution in [2.75, 3.05) is 36.8 Å². The maximum absolute atomic E-state index is 6.21. The number of nitrogens with zero attached hydrogens (tertiary/aromatic N) is 3. The summed E-state index contributed by atoms with van der Waals surface area (Å²) in [5.74, 6) is 0.882. The van der Waals surface area contributed by atoms with E-state index in [1.54, 1.807) is 12.3 Å². The highest BCUT2D eigenvalue weighted by atomic mass is 35.5. The smallest absolute Gasteiger partial charge is 0.147 e. The summed E-state index contributed by atoms with van der Waals surface area (Å²) in [7, 11) is 0. The molecule has 1 aromatic rings. The van der Waals surface area contributed by atoms with Crippen LogP contribution in [0.2, 0.25) is 5.02 Å². The van der Waals surface area contributed by atoms with Gasteiger partial charge < -0.3 is 10.6 Å². The van der Waals surface area contributed by atoms with Gasteiger partial charge >= 0.3 is 0 Å². The van der Waals surface area contributed by atoms with Gasteiger partial charge in [-0.15, -0.1) is 0 Å². The first kappa shape index (κ1) is 11.1. The summed E-state index contributed by atoms with van der Waals surface area (Å²) in [6.45, 7) is 4.41. The number of nitrogens with two attached hydrogens (primary N) is 1. The van der Waals surface area contributed by atoms with Crippen molar-refractivity contribution in [3.63, 3.8) is 0 Å². The normalized spacial score (nSPS) is 25.0. The highest BCUT2D eigenvalue weighted by Gasteiger charge is 2.31. The Hall–Kier alpha value is -1.00. The number of nitrogen functional groups attached to an aromatic ring is 1. The first-order chi connectivity index (χ1) is 8.24. The molecule has 0 radical (unpaired) electrons. The highest BCUT2D eigenvalue weighted by Crippen LogP contribution is 2.29. The molecular formula is C12H17ClN4. The van der Waals surface area contributed by atoms with Gasteiger partial charge in [0.2, 0.25) is 0 Å². The molecule has 17 heavy (non-hydrogen) atoms. The molecule has 0 aromatic carbocycles. The molecule has 0 bridgehead atoms. The summed E-state index contributed by atoms with van der Waals surface area (Å²) in [5, 5.41) is 0.663. The summed E-state index contributed by atoms with van der Waals surface area (Å²) in [4.78, 5) is 9.22. The van der Waals surface area contributed by atoms with Crippen molar-refractivity contribution in [3.8, 4) is 0 Å². The van der Waals surface area contributed by atoms with E-state index in [1.165, 1.54) is 19.4 Å². The second kappa shape index (κ2) is 4.35. The molecule has 3 rings (SSSR count). The van der Waals surface area contributed by atoms with Gasteiger partial charge in [0.25, 0.3) is 0 Å². The lowest BCUT2D eigenvalue weighted by atomic mass is 10.1. The fourth-order valence-corrected chi connectivity index (χ4v) is 3.16. The second-order valence-electron chi connectivity index (χ2n) is 4.85. The van der Waals surface area contributed by atoms with Gasteiger partial charge in [0.05, 0.1) is 16.9 Å². The average Bonchev–Trinajstić information content (AvgIpc) is 2.75. The number of piperazine rings is 1. The molecule has 0 amide bonds. The lowest BCUT2D eigenvalue weighted by Crippen LogP contribution is -2.50. The van der Waals surface area contributed by atoms with Crippen LogP contribution in [0, 0.1) is 0 Å². The molecule has 3 heterocycles. The number of halogens is 1. The Morgan fingerprint density at radius 1 is 1.35 bits per heavy atom. The largest absolute Gasteiger partial charge is 0.397 e. The molecule has 4 nitrogen and oxygen atoms in total. The Labute approximate surface area is 106 Å². The molecule has 2 fully saturated rings. The summed E-state index contributed by atoms with van der Waals surface area (Å²) in [6, 6.07) is 2.46. The minimum atomic E-state index is 0.623. The fourth-order valence-electron chi connectivity index (χ4n) is 2.86. The molecular weight excluding hydrogens is 236 g/mol. The van der Waals surface area contributed by atoms with Gasteiger partial charge in [-0.1, -0.05) is 11.6 Å². The first-order valence-corrected chi connectivity index (χ1v) is 6.52. The molecule has 2 N–H and O–H groups in total. The molecule has 2 saturated heterocycles. The molecule has 2 aliphatic heterocycles. The van der Waals surface area contributed by atoms with E-state index in [1.807, 2.05) is 0 Å². The Morgan fingerprint density at radius 3 is 3.06 bits per heavy atom. The van der Waals surface area contributed by atoms with Crippen LogP contribution in [0.3, 0.4) is 0 Å². The molecule has 92 valence electrons. The molecule has 1 aromatic heterocycles. The van der Waals surface area contributed by atoms with Crippen molar-refractivity contribution in [1.29, 1.82) is 0 Å². The first-order valence-electron chi connectivity index (χ1n) is 6.14. The zero-order valence-electron chi connectivity index (χ0n) is 9.77. The van der Waals surface area contributed by atoms with E-state index in [4.69, 9.17) is 17.3 Å². The summed E-state index contributed by atoms with van der Waals surface area (Å²) < 4.78 is 0. The number of rotatable bonds is 1. The van der Waals surface area contributed by atoms with Crippen LogP contribution >= 0.6 is 11.6 Å². The van der Waals surface area contributed by atoms with Crippen LogP contribution in [0.15, 0.2) is 12.3 Å². The van der Waals surface area contributed by atoms with Crippen molar-refractivity contribution in [2.45, 2.75) is 18.9 Å². The number of hydrogen-bond acceptors (Lipinski definition) is 4. The van der Waals surface area contributed by atoms with Crippen molar-refractivity contribution < 1.29 is 0 Å². The van der Waals surface area contributed by atoms with E-state index in [0.29, 0.717) is 16.8 Å². The van der Waals surface area contributed by atoms with Gasteiger partial charge in [0.15, 0.2) is 0 Å². The lowest BCUT2D eigenvalue weighted by Gasteiger charge is -2.38. The van der Waals surface area contributed by atoms with Crippen LogP contribution in [-0.2, 0) is 0 Å². The Balaban J connectivity index is 1.80. The molecule has 1 atom stereocenters. The minimum absolute atomic E-state index is 0.623. The highest BCUT2D eigenvalue weighted by molar-refractivity contribution is 6.33. The molecule has 5 heteroatoms. The van der Waals surface area contributed by atoms with Crippen molar-refractivity contribution in [1.82, 2.24) is 9.88 Å². The van der Waals surface area contributed by atoms with Crippen molar-refractivity contribution >= 4 is 23.1 Å². The number of hydrogen-bond donors (Lipinski definition) is 1. The summed E-state index contributed by atoms with van der Waals surface area (Å²) in [6.07, 6.45) is 4.30. The van der Waals surface area contributed by atoms with Gasteiger partial charge in [-0.05, 0) is 25.5 Å². The molecule has 0 spiro atoms. The monoisotopic (exact) mass is 252 g/mol. The Kier molecular flexibility index (Phi) is 2.84. The van der Waals surface area contributed by atoms with Gasteiger partial charge in [0, 0.05) is 25.7 Å². The van der Waals surface area contributed by atoms with Crippen LogP contribution in [0.5, 0.6) is 0 Å². The zero-order valence-corrected chi connectivity index (χ0v) is 10.5. The molecule has 1 unspecified atom stereocenters. The molecule has 2 aliphatic rings. The number of fused-ring (bicyclic) bond motifs is 1. The van der Waals surface area contributed by atoms with Crippen LogP contribution in [0.1, 0.15) is 12.8 Å². The van der Waals surface area contributed by atoms with Gasteiger partial charge in [-0.25, -0.2) is 4.98 Å². The predicted molar refractivity (Wildman–Crippen MR) is 70.5 cm³/mol. The third kappa shape index (κ3) is 2.07. The average molecular weight is 253 g/mol. The Bertz CT molecular complexity index is 423. The van der Waals surface area contributed by atoms with E-state index in [-0.39, 0.29) is 0 Å². The van der Waals surface area contributed by atoms with Crippen LogP contribution in [0.25, 0.3) is 0 Å². The standard InChI is InChI=1S/C12H17ClN4/c13-11-6-9(14)7-15-12(11)17-5-4-16-3-1-2-10(16)8-17/h6-7,10H,1-5,8,14H2. The topological polar surface area (TPSA) is 45.4 Å². The van der Waals surface area contributed by atoms with E-state index in [2.05, 4.69) is 14.8 Å². The van der Waals surface area contributed by atoms with Gasteiger partial charge in [-0.3, -0.25) is 4.90 Å². The SMILES string of the molecule is Nc1cnc(N2CCN3CCCC3C2)c(Cl)c1. The molecule has 0 aliphatic carbocycles. The summed E-state index contributed by atoms with van der Waals surface area (Å²) in [5.41, 5.74) is 6.29. The third-order valence-corrected chi connectivity index (χ3v) is 4.01. The van der Waals surface area contributed by atoms with Crippen LogP contribution in [0.4, 0.5) is 11.5 Å². The maximum atomic E-state index is 6.21. The zero-order chi connectivity index (χ0) is 11.8. The van der Waals surface area contributed by atoms with Gasteiger partial charge in [0.1, 0.15) is 5.82 Å². The summed E-state index contributed by atoms with van der Waals surface area (Å²) >= 11 is 6.21. The second-order valence-corrected chi connectivity index (χ2v) is 5.26. The van der Waals surface area contributed by atoms with E-state index >= 15 is 0 Å². The maximum Gasteiger partial charge on any atom is 0.147 e. The Morgan fingerprint density at radius 2 is 2.24 bits per heavy atom. The minimum Gasteiger partial charge on any atom is -0.397 e. The van der Waals surface area contributed by atoms with Crippen LogP contribution < -0.4 is 10.6 Å². The lowest BCUT2D eigenvalue weighted by molar-refractivity contribution is 0.230. The van der Waals surface area contributed by atoms with Crippen molar-refractivity contribution in [3.05, 3.63) is 17.3 Å². The van der Waals surface area contributed by atoms with Crippen LogP contribution in [-0.4, -0.2) is 42.1 Å². The third-order valence-electron chi connectivity index (χ3n) is 3.73. The van der Waals surface area contributed by atoms with Crippen molar-refractivity contribution in [2.24, 2.45) is 0 Å². The van der Waals surface area contributed by atoms with E-state index in [0.717, 1.165) is 25.5 Å². The quantitative estimate of drug-likeness (QED) is 0.825. The fraction of sp³-hybridized carbons (Fsp3) is 0.583. The number of pyridine rings is 1. The predicted octanol–water partition coefficient (Wildman–Crippen LogP) is 1.60. The van der Waals surface area contributed by atoms with Gasteiger partial charge in [-0.2, -0.15) is 0 Å². The number of anilines is 2. The molecule has 0 saturated carbocycles. The van der Waals surface area contributed by atoms with E-state index < -0.39 is 0 Å². The van der Waals surface area contributed by atoms with E-state index in [9.17, 15) is 0 Å². The number of aromatic nitrogens is 1.